The van der Waals surface area contributed by atoms with E-state index < -0.39 is 0 Å². The van der Waals surface area contributed by atoms with Crippen LogP contribution in [-0.2, 0) is 9.59 Å². The quantitative estimate of drug-likeness (QED) is 0.752. The minimum atomic E-state index is -0.358. The summed E-state index contributed by atoms with van der Waals surface area (Å²) >= 11 is 0. The fourth-order valence-corrected chi connectivity index (χ4v) is 2.97. The smallest absolute Gasteiger partial charge is 0.251 e. The Bertz CT molecular complexity index is 952. The number of nitrogens with one attached hydrogen (secondary N) is 2. The molecule has 3 rings (SSSR count). The molecule has 1 aliphatic heterocycles. The molecule has 0 radical (unpaired) electrons. The van der Waals surface area contributed by atoms with Crippen molar-refractivity contribution in [2.75, 3.05) is 32.2 Å². The number of rotatable bonds is 7. The molecule has 0 saturated heterocycles. The second kappa shape index (κ2) is 9.14. The molecule has 0 unspecified atom stereocenters. The van der Waals surface area contributed by atoms with Crippen LogP contribution in [0.1, 0.15) is 18.1 Å². The number of ether oxygens (including phenoxy) is 3. The molecule has 0 fully saturated rings. The number of benzene rings is 2. The normalized spacial score (nSPS) is 12.2. The number of methoxy groups -OCH3 is 1. The molecule has 0 saturated carbocycles. The topological polar surface area (TPSA) is 85.9 Å². The van der Waals surface area contributed by atoms with Gasteiger partial charge in [-0.25, -0.2) is 0 Å². The second-order valence-corrected chi connectivity index (χ2v) is 6.50. The average Bonchev–Trinajstić information content (AvgIpc) is 2.72. The monoisotopic (exact) mass is 396 g/mol. The maximum Gasteiger partial charge on any atom is 0.251 e. The van der Waals surface area contributed by atoms with E-state index >= 15 is 0 Å². The lowest BCUT2D eigenvalue weighted by molar-refractivity contribution is -0.121. The van der Waals surface area contributed by atoms with Crippen molar-refractivity contribution in [1.82, 2.24) is 5.32 Å². The van der Waals surface area contributed by atoms with E-state index in [0.29, 0.717) is 35.1 Å². The highest BCUT2D eigenvalue weighted by molar-refractivity contribution is 6.02. The summed E-state index contributed by atoms with van der Waals surface area (Å²) < 4.78 is 16.5. The maximum absolute atomic E-state index is 12.5. The summed E-state index contributed by atoms with van der Waals surface area (Å²) in [7, 11) is 1.53. The number of anilines is 1. The van der Waals surface area contributed by atoms with Crippen molar-refractivity contribution in [2.24, 2.45) is 0 Å². The van der Waals surface area contributed by atoms with Crippen molar-refractivity contribution in [3.63, 3.8) is 0 Å². The third-order valence-electron chi connectivity index (χ3n) is 4.34. The number of carbonyl (C=O) groups excluding carboxylic acids is 2. The summed E-state index contributed by atoms with van der Waals surface area (Å²) in [4.78, 5) is 24.7. The highest BCUT2D eigenvalue weighted by Gasteiger charge is 2.20. The van der Waals surface area contributed by atoms with Crippen LogP contribution in [0.15, 0.2) is 42.0 Å². The summed E-state index contributed by atoms with van der Waals surface area (Å²) in [6.07, 6.45) is 1.75. The highest BCUT2D eigenvalue weighted by Crippen LogP contribution is 2.35. The van der Waals surface area contributed by atoms with Gasteiger partial charge in [-0.05, 0) is 43.7 Å². The molecular formula is C22H24N2O5. The molecule has 7 heteroatoms. The molecule has 0 bridgehead atoms. The molecule has 1 heterocycles. The molecular weight excluding hydrogens is 372 g/mol. The number of aryl methyl sites for hydroxylation is 1. The molecule has 29 heavy (non-hydrogen) atoms. The van der Waals surface area contributed by atoms with Crippen LogP contribution in [-0.4, -0.2) is 38.7 Å². The summed E-state index contributed by atoms with van der Waals surface area (Å²) in [6, 6.07) is 11.0. The lowest BCUT2D eigenvalue weighted by Crippen LogP contribution is -2.35. The van der Waals surface area contributed by atoms with Gasteiger partial charge in [0, 0.05) is 5.56 Å². The van der Waals surface area contributed by atoms with Gasteiger partial charge in [0.15, 0.2) is 11.5 Å². The van der Waals surface area contributed by atoms with Crippen LogP contribution in [0.3, 0.4) is 0 Å². The predicted molar refractivity (Wildman–Crippen MR) is 110 cm³/mol. The van der Waals surface area contributed by atoms with E-state index in [-0.39, 0.29) is 25.0 Å². The summed E-state index contributed by atoms with van der Waals surface area (Å²) in [5, 5.41) is 5.38. The summed E-state index contributed by atoms with van der Waals surface area (Å²) in [5.74, 6) is 1.12. The van der Waals surface area contributed by atoms with E-state index in [1.807, 2.05) is 44.2 Å². The van der Waals surface area contributed by atoms with E-state index in [9.17, 15) is 9.59 Å². The molecule has 0 aliphatic carbocycles. The Morgan fingerprint density at radius 3 is 2.76 bits per heavy atom. The molecule has 2 amide bonds. The summed E-state index contributed by atoms with van der Waals surface area (Å²) in [5.41, 5.74) is 2.75. The minimum Gasteiger partial charge on any atom is -0.495 e. The Morgan fingerprint density at radius 1 is 1.17 bits per heavy atom. The Morgan fingerprint density at radius 2 is 2.00 bits per heavy atom. The number of hydrogen-bond donors (Lipinski definition) is 2. The van der Waals surface area contributed by atoms with Crippen LogP contribution in [0, 0.1) is 6.92 Å². The van der Waals surface area contributed by atoms with Crippen LogP contribution < -0.4 is 24.8 Å². The Balaban J connectivity index is 1.62. The number of hydrogen-bond acceptors (Lipinski definition) is 5. The lowest BCUT2D eigenvalue weighted by atomic mass is 10.1. The fraction of sp³-hybridized carbons (Fsp3) is 0.273. The Kier molecular flexibility index (Phi) is 6.39. The van der Waals surface area contributed by atoms with Crippen LogP contribution >= 0.6 is 0 Å². The molecule has 7 nitrogen and oxygen atoms in total. The van der Waals surface area contributed by atoms with Crippen LogP contribution in [0.4, 0.5) is 5.69 Å². The van der Waals surface area contributed by atoms with Gasteiger partial charge in [-0.3, -0.25) is 9.59 Å². The van der Waals surface area contributed by atoms with Gasteiger partial charge in [0.25, 0.3) is 5.91 Å². The van der Waals surface area contributed by atoms with Crippen LogP contribution in [0.5, 0.6) is 17.2 Å². The van der Waals surface area contributed by atoms with Crippen molar-refractivity contribution >= 4 is 23.6 Å². The molecule has 1 aliphatic rings. The molecule has 0 atom stereocenters. The Labute approximate surface area is 169 Å². The van der Waals surface area contributed by atoms with Gasteiger partial charge in [-0.1, -0.05) is 18.2 Å². The highest BCUT2D eigenvalue weighted by atomic mass is 16.5. The number of para-hydroxylation sites is 1. The third kappa shape index (κ3) is 4.87. The number of amides is 2. The first kappa shape index (κ1) is 20.3. The van der Waals surface area contributed by atoms with Gasteiger partial charge in [-0.15, -0.1) is 0 Å². The zero-order valence-electron chi connectivity index (χ0n) is 16.7. The van der Waals surface area contributed by atoms with Crippen LogP contribution in [0.2, 0.25) is 0 Å². The van der Waals surface area contributed by atoms with Gasteiger partial charge in [0.05, 0.1) is 31.5 Å². The standard InChI is InChI=1S/C22H24N2O5/c1-4-28-19-7-5-6-15-11-16(13-29-21(15)19)22(26)23-12-20(25)24-17-10-14(2)8-9-18(17)27-3/h5-11H,4,12-13H2,1-3H3,(H,23,26)(H,24,25). The summed E-state index contributed by atoms with van der Waals surface area (Å²) in [6.45, 7) is 4.28. The van der Waals surface area contributed by atoms with Gasteiger partial charge < -0.3 is 24.8 Å². The second-order valence-electron chi connectivity index (χ2n) is 6.50. The first-order valence-electron chi connectivity index (χ1n) is 9.33. The zero-order chi connectivity index (χ0) is 20.8. The van der Waals surface area contributed by atoms with Gasteiger partial charge in [0.1, 0.15) is 12.4 Å². The third-order valence-corrected chi connectivity index (χ3v) is 4.34. The minimum absolute atomic E-state index is 0.107. The van der Waals surface area contributed by atoms with Crippen molar-refractivity contribution in [2.45, 2.75) is 13.8 Å². The zero-order valence-corrected chi connectivity index (χ0v) is 16.7. The number of carbonyl (C=O) groups is 2. The van der Waals surface area contributed by atoms with E-state index in [1.165, 1.54) is 7.11 Å². The van der Waals surface area contributed by atoms with Crippen molar-refractivity contribution in [1.29, 1.82) is 0 Å². The van der Waals surface area contributed by atoms with E-state index in [1.54, 1.807) is 12.1 Å². The largest absolute Gasteiger partial charge is 0.495 e. The molecule has 152 valence electrons. The first-order chi connectivity index (χ1) is 14.0. The molecule has 0 aromatic heterocycles. The molecule has 0 spiro atoms. The average molecular weight is 396 g/mol. The number of fused-ring (bicyclic) bond motifs is 1. The molecule has 2 aromatic carbocycles. The van der Waals surface area contributed by atoms with E-state index in [4.69, 9.17) is 14.2 Å². The SMILES string of the molecule is CCOc1cccc2c1OCC(C(=O)NCC(=O)Nc1cc(C)ccc1OC)=C2. The van der Waals surface area contributed by atoms with Gasteiger partial charge in [0.2, 0.25) is 5.91 Å². The van der Waals surface area contributed by atoms with Crippen LogP contribution in [0.25, 0.3) is 6.08 Å². The van der Waals surface area contributed by atoms with Crippen molar-refractivity contribution in [3.8, 4) is 17.2 Å². The van der Waals surface area contributed by atoms with Gasteiger partial charge in [-0.2, -0.15) is 0 Å². The maximum atomic E-state index is 12.5. The van der Waals surface area contributed by atoms with E-state index in [2.05, 4.69) is 10.6 Å². The first-order valence-corrected chi connectivity index (χ1v) is 9.33. The lowest BCUT2D eigenvalue weighted by Gasteiger charge is -2.20. The van der Waals surface area contributed by atoms with E-state index in [0.717, 1.165) is 11.1 Å². The van der Waals surface area contributed by atoms with Gasteiger partial charge >= 0.3 is 0 Å². The van der Waals surface area contributed by atoms with Crippen molar-refractivity contribution in [3.05, 3.63) is 53.1 Å². The van der Waals surface area contributed by atoms with Crippen molar-refractivity contribution < 1.29 is 23.8 Å². The fourth-order valence-electron chi connectivity index (χ4n) is 2.97. The predicted octanol–water partition coefficient (Wildman–Crippen LogP) is 2.93. The molecule has 2 N–H and O–H groups in total. The Hall–Kier alpha value is -3.48. The molecule has 2 aromatic rings.